The Hall–Kier alpha value is -6.91. The molecular formula is C47H30N2O2. The number of benzene rings is 8. The third kappa shape index (κ3) is 4.88. The van der Waals surface area contributed by atoms with E-state index in [0.29, 0.717) is 5.89 Å². The number of oxazole rings is 1. The molecule has 0 saturated carbocycles. The van der Waals surface area contributed by atoms with Gasteiger partial charge in [-0.3, -0.25) is 0 Å². The third-order valence-electron chi connectivity index (χ3n) is 9.73. The molecule has 0 N–H and O–H groups in total. The van der Waals surface area contributed by atoms with E-state index in [1.807, 2.05) is 54.6 Å². The van der Waals surface area contributed by atoms with Gasteiger partial charge in [0, 0.05) is 33.2 Å². The van der Waals surface area contributed by atoms with Crippen molar-refractivity contribution < 1.29 is 8.83 Å². The summed E-state index contributed by atoms with van der Waals surface area (Å²) in [6, 6.07) is 63.3. The van der Waals surface area contributed by atoms with Gasteiger partial charge >= 0.3 is 0 Å². The summed E-state index contributed by atoms with van der Waals surface area (Å²) in [5, 5.41) is 4.60. The van der Waals surface area contributed by atoms with Crippen molar-refractivity contribution in [3.63, 3.8) is 0 Å². The Bertz CT molecular complexity index is 2860. The second-order valence-corrected chi connectivity index (χ2v) is 12.7. The Morgan fingerprint density at radius 1 is 0.392 bits per heavy atom. The van der Waals surface area contributed by atoms with Crippen molar-refractivity contribution in [2.24, 2.45) is 0 Å². The summed E-state index contributed by atoms with van der Waals surface area (Å²) in [4.78, 5) is 7.28. The summed E-state index contributed by atoms with van der Waals surface area (Å²) >= 11 is 0. The van der Waals surface area contributed by atoms with Gasteiger partial charge in [-0.2, -0.15) is 0 Å². The fourth-order valence-electron chi connectivity index (χ4n) is 7.35. The van der Waals surface area contributed by atoms with Gasteiger partial charge in [-0.1, -0.05) is 133 Å². The fraction of sp³-hybridized carbons (Fsp3) is 0. The molecule has 2 heterocycles. The lowest BCUT2D eigenvalue weighted by Gasteiger charge is -2.28. The smallest absolute Gasteiger partial charge is 0.227 e. The van der Waals surface area contributed by atoms with Gasteiger partial charge < -0.3 is 13.7 Å². The Kier molecular flexibility index (Phi) is 6.78. The first-order valence-corrected chi connectivity index (χ1v) is 17.1. The van der Waals surface area contributed by atoms with Crippen LogP contribution in [0.15, 0.2) is 191 Å². The standard InChI is InChI=1S/C47H30N2O2/c1-2-14-33(15-3-1)47-48-45-36(20-12-26-44(45)51-47)32-27-29-34(30-28-32)49(42-24-11-22-40-39-19-7-9-25-43(39)50-46(40)42)41-23-8-6-18-38(41)37-21-10-16-31-13-4-5-17-35(31)37/h1-30H. The Labute approximate surface area is 294 Å². The molecule has 0 radical (unpaired) electrons. The molecule has 4 nitrogen and oxygen atoms in total. The monoisotopic (exact) mass is 654 g/mol. The van der Waals surface area contributed by atoms with Gasteiger partial charge in [0.05, 0.1) is 11.4 Å². The molecule has 0 atom stereocenters. The lowest BCUT2D eigenvalue weighted by atomic mass is 9.96. The summed E-state index contributed by atoms with van der Waals surface area (Å²) in [6.45, 7) is 0. The molecular weight excluding hydrogens is 625 g/mol. The molecule has 51 heavy (non-hydrogen) atoms. The number of anilines is 3. The maximum absolute atomic E-state index is 6.64. The van der Waals surface area contributed by atoms with Gasteiger partial charge in [-0.25, -0.2) is 4.98 Å². The van der Waals surface area contributed by atoms with E-state index < -0.39 is 0 Å². The summed E-state index contributed by atoms with van der Waals surface area (Å²) in [5.74, 6) is 0.616. The van der Waals surface area contributed by atoms with Gasteiger partial charge in [0.25, 0.3) is 0 Å². The number of hydrogen-bond acceptors (Lipinski definition) is 4. The van der Waals surface area contributed by atoms with Crippen LogP contribution in [0.3, 0.4) is 0 Å². The third-order valence-corrected chi connectivity index (χ3v) is 9.73. The minimum atomic E-state index is 0.616. The van der Waals surface area contributed by atoms with Gasteiger partial charge in [-0.05, 0) is 70.4 Å². The zero-order valence-corrected chi connectivity index (χ0v) is 27.5. The Morgan fingerprint density at radius 2 is 1.02 bits per heavy atom. The number of fused-ring (bicyclic) bond motifs is 5. The molecule has 0 bridgehead atoms. The van der Waals surface area contributed by atoms with E-state index in [0.717, 1.165) is 72.4 Å². The van der Waals surface area contributed by atoms with Gasteiger partial charge in [0.15, 0.2) is 11.2 Å². The van der Waals surface area contributed by atoms with Crippen LogP contribution in [0.5, 0.6) is 0 Å². The molecule has 10 aromatic rings. The van der Waals surface area contributed by atoms with Crippen LogP contribution in [-0.2, 0) is 0 Å². The summed E-state index contributed by atoms with van der Waals surface area (Å²) < 4.78 is 12.9. The predicted octanol–water partition coefficient (Wildman–Crippen LogP) is 13.4. The number of furan rings is 1. The second-order valence-electron chi connectivity index (χ2n) is 12.7. The minimum absolute atomic E-state index is 0.616. The van der Waals surface area contributed by atoms with Crippen LogP contribution in [0.1, 0.15) is 0 Å². The molecule has 0 aliphatic carbocycles. The summed E-state index contributed by atoms with van der Waals surface area (Å²) in [5.41, 5.74) is 11.7. The van der Waals surface area contributed by atoms with E-state index in [9.17, 15) is 0 Å². The predicted molar refractivity (Wildman–Crippen MR) is 210 cm³/mol. The van der Waals surface area contributed by atoms with Crippen LogP contribution in [-0.4, -0.2) is 4.98 Å². The van der Waals surface area contributed by atoms with Gasteiger partial charge in [0.2, 0.25) is 5.89 Å². The highest BCUT2D eigenvalue weighted by atomic mass is 16.3. The number of rotatable bonds is 6. The topological polar surface area (TPSA) is 42.4 Å². The van der Waals surface area contributed by atoms with Crippen molar-refractivity contribution in [2.75, 3.05) is 4.90 Å². The van der Waals surface area contributed by atoms with Crippen molar-refractivity contribution in [1.82, 2.24) is 4.98 Å². The van der Waals surface area contributed by atoms with Crippen molar-refractivity contribution in [2.45, 2.75) is 0 Å². The van der Waals surface area contributed by atoms with Crippen molar-refractivity contribution in [1.29, 1.82) is 0 Å². The highest BCUT2D eigenvalue weighted by molar-refractivity contribution is 6.11. The molecule has 2 aromatic heterocycles. The van der Waals surface area contributed by atoms with Crippen molar-refractivity contribution in [3.8, 4) is 33.7 Å². The molecule has 0 fully saturated rings. The van der Waals surface area contributed by atoms with E-state index in [-0.39, 0.29) is 0 Å². The highest BCUT2D eigenvalue weighted by Crippen LogP contribution is 2.46. The Balaban J connectivity index is 1.16. The Morgan fingerprint density at radius 3 is 1.92 bits per heavy atom. The van der Waals surface area contributed by atoms with Crippen LogP contribution in [0.25, 0.3) is 77.5 Å². The van der Waals surface area contributed by atoms with E-state index >= 15 is 0 Å². The quantitative estimate of drug-likeness (QED) is 0.179. The number of aromatic nitrogens is 1. The van der Waals surface area contributed by atoms with E-state index in [1.54, 1.807) is 0 Å². The largest absolute Gasteiger partial charge is 0.454 e. The average Bonchev–Trinajstić information content (AvgIpc) is 3.82. The lowest BCUT2D eigenvalue weighted by Crippen LogP contribution is -2.11. The molecule has 240 valence electrons. The van der Waals surface area contributed by atoms with E-state index in [4.69, 9.17) is 13.8 Å². The zero-order valence-electron chi connectivity index (χ0n) is 27.5. The van der Waals surface area contributed by atoms with Crippen LogP contribution < -0.4 is 4.90 Å². The van der Waals surface area contributed by atoms with Crippen molar-refractivity contribution in [3.05, 3.63) is 182 Å². The van der Waals surface area contributed by atoms with Crippen LogP contribution >= 0.6 is 0 Å². The van der Waals surface area contributed by atoms with E-state index in [2.05, 4.69) is 132 Å². The molecule has 0 saturated heterocycles. The molecule has 0 unspecified atom stereocenters. The maximum Gasteiger partial charge on any atom is 0.227 e. The van der Waals surface area contributed by atoms with Crippen LogP contribution in [0.4, 0.5) is 17.1 Å². The van der Waals surface area contributed by atoms with Crippen molar-refractivity contribution >= 4 is 60.9 Å². The molecule has 8 aromatic carbocycles. The normalized spacial score (nSPS) is 11.5. The molecule has 0 aliphatic rings. The summed E-state index contributed by atoms with van der Waals surface area (Å²) in [7, 11) is 0. The molecule has 0 aliphatic heterocycles. The number of hydrogen-bond donors (Lipinski definition) is 0. The maximum atomic E-state index is 6.64. The first kappa shape index (κ1) is 29.0. The van der Waals surface area contributed by atoms with Crippen LogP contribution in [0, 0.1) is 0 Å². The first-order valence-electron chi connectivity index (χ1n) is 17.1. The van der Waals surface area contributed by atoms with Gasteiger partial charge in [0.1, 0.15) is 11.1 Å². The van der Waals surface area contributed by atoms with Crippen LogP contribution in [0.2, 0.25) is 0 Å². The number of para-hydroxylation sites is 4. The SMILES string of the molecule is c1ccc(-c2nc3c(-c4ccc(N(c5ccccc5-c5cccc6ccccc56)c5cccc6c5oc5ccccc56)cc4)cccc3o2)cc1. The minimum Gasteiger partial charge on any atom is -0.454 e. The fourth-order valence-corrected chi connectivity index (χ4v) is 7.35. The molecule has 0 spiro atoms. The van der Waals surface area contributed by atoms with Gasteiger partial charge in [-0.15, -0.1) is 0 Å². The summed E-state index contributed by atoms with van der Waals surface area (Å²) in [6.07, 6.45) is 0. The molecule has 4 heteroatoms. The zero-order chi connectivity index (χ0) is 33.7. The van der Waals surface area contributed by atoms with E-state index in [1.165, 1.54) is 16.3 Å². The number of nitrogens with zero attached hydrogens (tertiary/aromatic N) is 2. The average molecular weight is 655 g/mol. The first-order chi connectivity index (χ1) is 25.3. The lowest BCUT2D eigenvalue weighted by molar-refractivity contribution is 0.620. The second kappa shape index (κ2) is 11.9. The molecule has 10 rings (SSSR count). The molecule has 0 amide bonds. The highest BCUT2D eigenvalue weighted by Gasteiger charge is 2.23.